The van der Waals surface area contributed by atoms with E-state index in [9.17, 15) is 4.79 Å². The fraction of sp³-hybridized carbons (Fsp3) is 0.571. The number of hydrogen-bond acceptors (Lipinski definition) is 3. The van der Waals surface area contributed by atoms with Crippen LogP contribution in [-0.2, 0) is 14.9 Å². The number of amides is 1. The van der Waals surface area contributed by atoms with Crippen molar-refractivity contribution in [3.63, 3.8) is 0 Å². The highest BCUT2D eigenvalue weighted by Gasteiger charge is 2.49. The van der Waals surface area contributed by atoms with Crippen molar-refractivity contribution < 1.29 is 14.3 Å². The summed E-state index contributed by atoms with van der Waals surface area (Å²) in [6, 6.07) is 8.49. The number of ether oxygens (including phenoxy) is 2. The summed E-state index contributed by atoms with van der Waals surface area (Å²) in [4.78, 5) is 14.3. The van der Waals surface area contributed by atoms with Crippen molar-refractivity contribution in [2.75, 3.05) is 13.2 Å². The summed E-state index contributed by atoms with van der Waals surface area (Å²) in [5.74, 6) is 0. The van der Waals surface area contributed by atoms with Gasteiger partial charge in [0.05, 0.1) is 18.8 Å². The molecule has 136 valence electrons. The Morgan fingerprint density at radius 2 is 1.92 bits per heavy atom. The Morgan fingerprint density at radius 1 is 1.20 bits per heavy atom. The van der Waals surface area contributed by atoms with Crippen LogP contribution in [0.5, 0.6) is 0 Å². The third-order valence-corrected chi connectivity index (χ3v) is 5.38. The molecule has 4 nitrogen and oxygen atoms in total. The zero-order valence-electron chi connectivity index (χ0n) is 16.0. The van der Waals surface area contributed by atoms with Gasteiger partial charge in [-0.05, 0) is 51.7 Å². The molecule has 2 aliphatic rings. The molecule has 1 aliphatic heterocycles. The number of benzene rings is 1. The van der Waals surface area contributed by atoms with Crippen molar-refractivity contribution in [1.82, 2.24) is 4.90 Å². The van der Waals surface area contributed by atoms with Crippen molar-refractivity contribution in [1.29, 1.82) is 0 Å². The lowest BCUT2D eigenvalue weighted by molar-refractivity contribution is -0.0519. The fourth-order valence-corrected chi connectivity index (χ4v) is 4.09. The van der Waals surface area contributed by atoms with Crippen LogP contribution in [0.2, 0.25) is 0 Å². The maximum Gasteiger partial charge on any atom is 0.412 e. The van der Waals surface area contributed by atoms with Crippen molar-refractivity contribution in [3.8, 4) is 0 Å². The summed E-state index contributed by atoms with van der Waals surface area (Å²) in [6.45, 7) is 11.0. The minimum Gasteiger partial charge on any atom is -0.449 e. The van der Waals surface area contributed by atoms with E-state index in [4.69, 9.17) is 9.47 Å². The molecule has 4 heteroatoms. The Kier molecular flexibility index (Phi) is 4.44. The van der Waals surface area contributed by atoms with E-state index < -0.39 is 5.72 Å². The molecule has 0 aromatic heterocycles. The van der Waals surface area contributed by atoms with Crippen molar-refractivity contribution in [3.05, 3.63) is 41.5 Å². The second-order valence-electron chi connectivity index (χ2n) is 8.44. The molecule has 0 radical (unpaired) electrons. The molecule has 1 atom stereocenters. The van der Waals surface area contributed by atoms with E-state index in [1.54, 1.807) is 4.90 Å². The van der Waals surface area contributed by atoms with Gasteiger partial charge in [0.2, 0.25) is 0 Å². The Morgan fingerprint density at radius 3 is 2.60 bits per heavy atom. The van der Waals surface area contributed by atoms with Gasteiger partial charge in [-0.1, -0.05) is 43.3 Å². The Bertz CT molecular complexity index is 676. The third kappa shape index (κ3) is 3.32. The van der Waals surface area contributed by atoms with Gasteiger partial charge in [-0.3, -0.25) is 4.90 Å². The van der Waals surface area contributed by atoms with Gasteiger partial charge in [-0.2, -0.15) is 0 Å². The first kappa shape index (κ1) is 18.0. The molecule has 1 amide bonds. The molecule has 1 saturated heterocycles. The van der Waals surface area contributed by atoms with Gasteiger partial charge in [0.1, 0.15) is 5.72 Å². The quantitative estimate of drug-likeness (QED) is 0.742. The molecule has 0 saturated carbocycles. The van der Waals surface area contributed by atoms with Crippen LogP contribution in [0.3, 0.4) is 0 Å². The van der Waals surface area contributed by atoms with E-state index in [0.717, 1.165) is 12.8 Å². The lowest BCUT2D eigenvalue weighted by atomic mass is 9.81. The van der Waals surface area contributed by atoms with Crippen molar-refractivity contribution in [2.24, 2.45) is 0 Å². The second kappa shape index (κ2) is 6.17. The first-order chi connectivity index (χ1) is 11.7. The molecule has 1 aliphatic carbocycles. The number of fused-ring (bicyclic) bond motifs is 1. The number of allylic oxidation sites excluding steroid dienone is 1. The minimum atomic E-state index is -0.625. The molecule has 1 aromatic rings. The zero-order chi connectivity index (χ0) is 18.3. The molecular weight excluding hydrogens is 314 g/mol. The van der Waals surface area contributed by atoms with Crippen LogP contribution in [0.25, 0.3) is 6.08 Å². The van der Waals surface area contributed by atoms with E-state index in [1.165, 1.54) is 11.1 Å². The summed E-state index contributed by atoms with van der Waals surface area (Å²) >= 11 is 0. The van der Waals surface area contributed by atoms with Gasteiger partial charge in [0.15, 0.2) is 0 Å². The number of hydrogen-bond donors (Lipinski definition) is 0. The van der Waals surface area contributed by atoms with Crippen molar-refractivity contribution in [2.45, 2.75) is 64.1 Å². The Balaban J connectivity index is 1.54. The normalized spacial score (nSPS) is 25.9. The van der Waals surface area contributed by atoms with E-state index in [0.29, 0.717) is 13.2 Å². The van der Waals surface area contributed by atoms with E-state index in [1.807, 2.05) is 27.7 Å². The highest BCUT2D eigenvalue weighted by Crippen LogP contribution is 2.39. The first-order valence-electron chi connectivity index (χ1n) is 9.06. The lowest BCUT2D eigenvalue weighted by Crippen LogP contribution is -2.52. The Hall–Kier alpha value is -1.81. The van der Waals surface area contributed by atoms with Crippen LogP contribution in [0.15, 0.2) is 30.3 Å². The lowest BCUT2D eigenvalue weighted by Gasteiger charge is -2.36. The highest BCUT2D eigenvalue weighted by molar-refractivity contribution is 5.70. The monoisotopic (exact) mass is 343 g/mol. The average molecular weight is 343 g/mol. The number of carbonyl (C=O) groups excluding carboxylic acids is 1. The Labute approximate surface area is 150 Å². The molecule has 0 unspecified atom stereocenters. The van der Waals surface area contributed by atoms with Gasteiger partial charge in [0.25, 0.3) is 0 Å². The average Bonchev–Trinajstić information content (AvgIpc) is 2.99. The molecule has 0 spiro atoms. The molecule has 25 heavy (non-hydrogen) atoms. The molecular formula is C21H29NO3. The molecule has 0 bridgehead atoms. The molecule has 0 N–H and O–H groups in total. The van der Waals surface area contributed by atoms with Crippen LogP contribution in [0.1, 0.15) is 58.6 Å². The number of nitrogens with zero attached hydrogens (tertiary/aromatic N) is 1. The third-order valence-electron chi connectivity index (χ3n) is 5.38. The number of carbonyl (C=O) groups is 1. The molecule has 1 aromatic carbocycles. The van der Waals surface area contributed by atoms with Crippen molar-refractivity contribution >= 4 is 12.2 Å². The SMILES string of the molecule is CC1(C)COC(C)(C)N1C(=O)OCCC[C@@]1(C)C=Cc2ccccc21. The smallest absolute Gasteiger partial charge is 0.412 e. The molecule has 3 rings (SSSR count). The van der Waals surface area contributed by atoms with Gasteiger partial charge >= 0.3 is 6.09 Å². The van der Waals surface area contributed by atoms with Crippen LogP contribution in [0.4, 0.5) is 4.79 Å². The number of rotatable bonds is 4. The second-order valence-corrected chi connectivity index (χ2v) is 8.44. The van der Waals surface area contributed by atoms with E-state index in [-0.39, 0.29) is 17.0 Å². The topological polar surface area (TPSA) is 38.8 Å². The summed E-state index contributed by atoms with van der Waals surface area (Å²) in [5.41, 5.74) is 1.70. The minimum absolute atomic E-state index is 0.0261. The largest absolute Gasteiger partial charge is 0.449 e. The zero-order valence-corrected chi connectivity index (χ0v) is 16.0. The molecule has 1 heterocycles. The van der Waals surface area contributed by atoms with E-state index in [2.05, 4.69) is 43.3 Å². The predicted molar refractivity (Wildman–Crippen MR) is 99.4 cm³/mol. The first-order valence-corrected chi connectivity index (χ1v) is 9.06. The molecule has 1 fully saturated rings. The summed E-state index contributed by atoms with van der Waals surface area (Å²) in [7, 11) is 0. The standard InChI is InChI=1S/C21H29NO3/c1-19(2)15-25-20(3,4)22(19)18(23)24-14-8-12-21(5)13-11-16-9-6-7-10-17(16)21/h6-7,9-11,13H,8,12,14-15H2,1-5H3/t21-/m0/s1. The van der Waals surface area contributed by atoms with Crippen LogP contribution < -0.4 is 0 Å². The highest BCUT2D eigenvalue weighted by atomic mass is 16.6. The fourth-order valence-electron chi connectivity index (χ4n) is 4.09. The maximum atomic E-state index is 12.6. The summed E-state index contributed by atoms with van der Waals surface area (Å²) in [6.07, 6.45) is 5.95. The summed E-state index contributed by atoms with van der Waals surface area (Å²) < 4.78 is 11.3. The van der Waals surface area contributed by atoms with Gasteiger partial charge in [-0.25, -0.2) is 4.79 Å². The van der Waals surface area contributed by atoms with E-state index >= 15 is 0 Å². The predicted octanol–water partition coefficient (Wildman–Crippen LogP) is 4.73. The van der Waals surface area contributed by atoms with Gasteiger partial charge < -0.3 is 9.47 Å². The maximum absolute atomic E-state index is 12.6. The van der Waals surface area contributed by atoms with Crippen LogP contribution in [0, 0.1) is 0 Å². The van der Waals surface area contributed by atoms with Gasteiger partial charge in [-0.15, -0.1) is 0 Å². The summed E-state index contributed by atoms with van der Waals surface area (Å²) in [5, 5.41) is 0. The van der Waals surface area contributed by atoms with Gasteiger partial charge in [0, 0.05) is 5.41 Å². The van der Waals surface area contributed by atoms with Crippen LogP contribution >= 0.6 is 0 Å². The van der Waals surface area contributed by atoms with Crippen LogP contribution in [-0.4, -0.2) is 35.5 Å².